The molecule has 0 bridgehead atoms. The third-order valence-corrected chi connectivity index (χ3v) is 11.7. The van der Waals surface area contributed by atoms with E-state index >= 15 is 0 Å². The standard InChI is InChI=1S/C39H60B3N3O7/c1-22-16-25(4-7-28(22)40)19-34(46)31(43)10-13-37(49)44-32(35(47)20-26-5-8-29(41)23(2)17-26)11-14-38(50)45-33(12-15-39(51)52)36(48)21-27-6-9-30(42)24(3)18-27/h25-28,30-33,41H,1-21,40,42-43H2,(H,44,49)(H,45,50)(H,51,52)/t25?,26?,27?,28-,30-,31?,32?,33?/m0/s1. The van der Waals surface area contributed by atoms with Crippen molar-refractivity contribution in [2.75, 3.05) is 0 Å². The normalized spacial score (nSPS) is 25.4. The van der Waals surface area contributed by atoms with Crippen LogP contribution in [0.25, 0.3) is 0 Å². The summed E-state index contributed by atoms with van der Waals surface area (Å²) in [5.41, 5.74) is 10.4. The van der Waals surface area contributed by atoms with Crippen LogP contribution in [0.3, 0.4) is 0 Å². The summed E-state index contributed by atoms with van der Waals surface area (Å²) in [6.45, 7) is 12.3. The van der Waals surface area contributed by atoms with Gasteiger partial charge in [0.25, 0.3) is 0 Å². The molecule has 3 aliphatic carbocycles. The summed E-state index contributed by atoms with van der Waals surface area (Å²) < 4.78 is 0. The van der Waals surface area contributed by atoms with Crippen LogP contribution >= 0.6 is 0 Å². The van der Waals surface area contributed by atoms with E-state index in [-0.39, 0.29) is 86.5 Å². The molecule has 5 N–H and O–H groups in total. The van der Waals surface area contributed by atoms with Crippen LogP contribution in [0.1, 0.15) is 116 Å². The van der Waals surface area contributed by atoms with Gasteiger partial charge in [-0.2, -0.15) is 0 Å². The third kappa shape index (κ3) is 14.2. The van der Waals surface area contributed by atoms with Crippen LogP contribution < -0.4 is 16.4 Å². The number of nitrogens with one attached hydrogen (secondary N) is 2. The summed E-state index contributed by atoms with van der Waals surface area (Å²) in [5, 5.41) is 14.8. The molecule has 8 atom stereocenters. The quantitative estimate of drug-likeness (QED) is 0.110. The molecule has 3 rings (SSSR count). The van der Waals surface area contributed by atoms with Crippen LogP contribution in [0, 0.1) is 17.8 Å². The first kappa shape index (κ1) is 43.1. The van der Waals surface area contributed by atoms with Crippen LogP contribution in [0.5, 0.6) is 0 Å². The van der Waals surface area contributed by atoms with Crippen molar-refractivity contribution < 1.29 is 33.9 Å². The van der Waals surface area contributed by atoms with Gasteiger partial charge in [0.15, 0.2) is 5.78 Å². The number of allylic oxidation sites excluding steroid dienone is 3. The molecule has 3 fully saturated rings. The zero-order valence-corrected chi connectivity index (χ0v) is 31.6. The van der Waals surface area contributed by atoms with Gasteiger partial charge < -0.3 is 10.8 Å². The number of carbonyl (C=O) groups is 6. The number of carbonyl (C=O) groups excluding carboxylic acids is 5. The van der Waals surface area contributed by atoms with Gasteiger partial charge in [-0.15, -0.1) is 13.2 Å². The second kappa shape index (κ2) is 20.8. The Bertz CT molecular complexity index is 1410. The van der Waals surface area contributed by atoms with Gasteiger partial charge in [-0.05, 0) is 55.6 Å². The van der Waals surface area contributed by atoms with E-state index in [0.717, 1.165) is 73.5 Å². The molecule has 0 aromatic heterocycles. The molecule has 0 aromatic rings. The van der Waals surface area contributed by atoms with Crippen molar-refractivity contribution >= 4 is 63.8 Å². The maximum absolute atomic E-state index is 13.6. The first-order valence-electron chi connectivity index (χ1n) is 19.4. The van der Waals surface area contributed by atoms with Gasteiger partial charge in [0.1, 0.15) is 21.5 Å². The Morgan fingerprint density at radius 1 is 0.692 bits per heavy atom. The summed E-state index contributed by atoms with van der Waals surface area (Å²) in [6.07, 6.45) is 7.87. The SMILES string of the molecule is B=C1CCC(CC(=O)C(CCC(=O)NC(CCC(=O)O)C(=O)CC2CC[C@H](B)C(=C)C2)NC(=O)CCC(N)C(=O)CC2CC[C@H](B)C(=C)C2)CC1=C. The molecule has 0 saturated heterocycles. The fraction of sp³-hybridized carbons (Fsp3) is 0.667. The van der Waals surface area contributed by atoms with E-state index in [1.807, 2.05) is 0 Å². The molecule has 0 heterocycles. The molecule has 3 aliphatic rings. The average molecular weight is 715 g/mol. The Hall–Kier alpha value is -3.34. The molecule has 6 unspecified atom stereocenters. The molecule has 282 valence electrons. The van der Waals surface area contributed by atoms with E-state index in [0.29, 0.717) is 24.5 Å². The second-order valence-corrected chi connectivity index (χ2v) is 16.1. The van der Waals surface area contributed by atoms with Crippen molar-refractivity contribution in [1.82, 2.24) is 10.6 Å². The summed E-state index contributed by atoms with van der Waals surface area (Å²) in [7, 11) is 8.30. The number of carboxylic acid groups (broad SMARTS) is 1. The van der Waals surface area contributed by atoms with Gasteiger partial charge in [0.05, 0.1) is 0 Å². The molecule has 3 saturated carbocycles. The summed E-state index contributed by atoms with van der Waals surface area (Å²) in [4.78, 5) is 77.6. The number of aliphatic carboxylic acids is 1. The zero-order valence-electron chi connectivity index (χ0n) is 31.6. The monoisotopic (exact) mass is 715 g/mol. The predicted molar refractivity (Wildman–Crippen MR) is 212 cm³/mol. The van der Waals surface area contributed by atoms with Crippen molar-refractivity contribution in [3.8, 4) is 0 Å². The van der Waals surface area contributed by atoms with Gasteiger partial charge in [-0.25, -0.2) is 0 Å². The first-order chi connectivity index (χ1) is 24.5. The minimum absolute atomic E-state index is 0.00589. The van der Waals surface area contributed by atoms with Gasteiger partial charge in [0.2, 0.25) is 0 Å². The molecular formula is C39H60B3N3O7. The van der Waals surface area contributed by atoms with Gasteiger partial charge in [-0.1, -0.05) is 24.0 Å². The van der Waals surface area contributed by atoms with Gasteiger partial charge >= 0.3 is 149 Å². The van der Waals surface area contributed by atoms with E-state index in [1.54, 1.807) is 0 Å². The summed E-state index contributed by atoms with van der Waals surface area (Å²) in [5.74, 6) is -1.27. The topological polar surface area (TPSA) is 173 Å². The summed E-state index contributed by atoms with van der Waals surface area (Å²) >= 11 is 0. The van der Waals surface area contributed by atoms with Crippen molar-refractivity contribution in [1.29, 1.82) is 0 Å². The number of rotatable bonds is 20. The number of hydrogen-bond acceptors (Lipinski definition) is 7. The Kier molecular flexibility index (Phi) is 17.2. The summed E-state index contributed by atoms with van der Waals surface area (Å²) in [6, 6.07) is -2.72. The molecule has 13 heteroatoms. The van der Waals surface area contributed by atoms with Crippen molar-refractivity contribution in [2.45, 2.75) is 145 Å². The van der Waals surface area contributed by atoms with Crippen LogP contribution in [0.15, 0.2) is 36.5 Å². The van der Waals surface area contributed by atoms with Crippen molar-refractivity contribution in [2.24, 2.45) is 23.5 Å². The zero-order chi connectivity index (χ0) is 38.5. The van der Waals surface area contributed by atoms with E-state index in [4.69, 9.17) is 5.73 Å². The molecule has 0 spiro atoms. The molecule has 0 radical (unpaired) electrons. The Morgan fingerprint density at radius 3 is 1.60 bits per heavy atom. The van der Waals surface area contributed by atoms with Crippen LogP contribution in [0.4, 0.5) is 0 Å². The van der Waals surface area contributed by atoms with Crippen LogP contribution in [-0.4, -0.2) is 87.0 Å². The Morgan fingerprint density at radius 2 is 1.13 bits per heavy atom. The fourth-order valence-corrected chi connectivity index (χ4v) is 7.84. The number of Topliss-reactive ketones (excluding diaryl/α,β-unsaturated/α-hetero) is 3. The molecule has 10 nitrogen and oxygen atoms in total. The van der Waals surface area contributed by atoms with E-state index in [9.17, 15) is 33.9 Å². The minimum atomic E-state index is -1.06. The van der Waals surface area contributed by atoms with Crippen LogP contribution in [0.2, 0.25) is 11.6 Å². The molecule has 2 amide bonds. The van der Waals surface area contributed by atoms with Crippen molar-refractivity contribution in [3.63, 3.8) is 0 Å². The molecule has 0 aliphatic heterocycles. The predicted octanol–water partition coefficient (Wildman–Crippen LogP) is 2.57. The van der Waals surface area contributed by atoms with Gasteiger partial charge in [-0.3, -0.25) is 14.4 Å². The first-order valence-corrected chi connectivity index (χ1v) is 19.4. The number of hydrogen-bond donors (Lipinski definition) is 4. The maximum atomic E-state index is 13.6. The number of ketones is 3. The van der Waals surface area contributed by atoms with Gasteiger partial charge in [0, 0.05) is 19.3 Å². The Labute approximate surface area is 312 Å². The average Bonchev–Trinajstić information content (AvgIpc) is 3.08. The molecular weight excluding hydrogens is 655 g/mol. The molecule has 0 aromatic carbocycles. The van der Waals surface area contributed by atoms with Crippen LogP contribution in [-0.2, 0) is 28.8 Å². The number of amides is 2. The Balaban J connectivity index is 1.60. The van der Waals surface area contributed by atoms with Crippen molar-refractivity contribution in [3.05, 3.63) is 36.5 Å². The second-order valence-electron chi connectivity index (χ2n) is 16.1. The molecule has 52 heavy (non-hydrogen) atoms. The van der Waals surface area contributed by atoms with E-state index in [1.165, 1.54) is 0 Å². The van der Waals surface area contributed by atoms with E-state index < -0.39 is 35.9 Å². The number of carboxylic acids is 1. The fourth-order valence-electron chi connectivity index (χ4n) is 7.84. The third-order valence-electron chi connectivity index (χ3n) is 11.7. The number of nitrogens with two attached hydrogens (primary N) is 1. The van der Waals surface area contributed by atoms with E-state index in [2.05, 4.69) is 53.6 Å².